The monoisotopic (exact) mass is 286 g/mol. The van der Waals surface area contributed by atoms with Crippen LogP contribution in [0.3, 0.4) is 0 Å². The lowest BCUT2D eigenvalue weighted by atomic mass is 10.0. The number of ether oxygens (including phenoxy) is 1. The zero-order valence-corrected chi connectivity index (χ0v) is 12.3. The molecule has 1 unspecified atom stereocenters. The van der Waals surface area contributed by atoms with Crippen LogP contribution in [0.15, 0.2) is 43.0 Å². The predicted octanol–water partition coefficient (Wildman–Crippen LogP) is 2.66. The summed E-state index contributed by atoms with van der Waals surface area (Å²) in [6, 6.07) is 10.9. The lowest BCUT2D eigenvalue weighted by Crippen LogP contribution is -2.45. The van der Waals surface area contributed by atoms with Gasteiger partial charge >= 0.3 is 6.09 Å². The van der Waals surface area contributed by atoms with Gasteiger partial charge < -0.3 is 9.64 Å². The molecular formula is C17H22N2O2. The molecule has 2 fully saturated rings. The highest BCUT2D eigenvalue weighted by Crippen LogP contribution is 2.23. The summed E-state index contributed by atoms with van der Waals surface area (Å²) in [5.41, 5.74) is 1.35. The van der Waals surface area contributed by atoms with Crippen LogP contribution in [0.4, 0.5) is 4.79 Å². The fourth-order valence-electron chi connectivity index (χ4n) is 3.15. The van der Waals surface area contributed by atoms with Gasteiger partial charge in [-0.25, -0.2) is 4.79 Å². The molecule has 0 aliphatic carbocycles. The Morgan fingerprint density at radius 3 is 2.57 bits per heavy atom. The van der Waals surface area contributed by atoms with Gasteiger partial charge in [0.25, 0.3) is 0 Å². The first-order chi connectivity index (χ1) is 10.3. The van der Waals surface area contributed by atoms with Gasteiger partial charge in [-0.3, -0.25) is 4.90 Å². The first kappa shape index (κ1) is 14.1. The van der Waals surface area contributed by atoms with Crippen molar-refractivity contribution in [2.24, 2.45) is 0 Å². The molecule has 1 atom stereocenters. The van der Waals surface area contributed by atoms with Crippen molar-refractivity contribution in [2.45, 2.75) is 31.5 Å². The van der Waals surface area contributed by atoms with Crippen molar-refractivity contribution in [3.05, 3.63) is 48.6 Å². The summed E-state index contributed by atoms with van der Waals surface area (Å²) >= 11 is 0. The van der Waals surface area contributed by atoms with Crippen LogP contribution in [-0.2, 0) is 11.3 Å². The third-order valence-corrected chi connectivity index (χ3v) is 4.37. The molecular weight excluding hydrogens is 264 g/mol. The number of likely N-dealkylation sites (tertiary alicyclic amines) is 1. The van der Waals surface area contributed by atoms with Crippen molar-refractivity contribution in [3.8, 4) is 0 Å². The highest BCUT2D eigenvalue weighted by Gasteiger charge is 2.36. The van der Waals surface area contributed by atoms with Crippen molar-refractivity contribution < 1.29 is 9.53 Å². The maximum Gasteiger partial charge on any atom is 0.410 e. The molecule has 0 N–H and O–H groups in total. The molecule has 1 amide bonds. The van der Waals surface area contributed by atoms with Crippen molar-refractivity contribution in [1.29, 1.82) is 0 Å². The van der Waals surface area contributed by atoms with Gasteiger partial charge in [-0.05, 0) is 24.5 Å². The van der Waals surface area contributed by atoms with E-state index < -0.39 is 0 Å². The summed E-state index contributed by atoms with van der Waals surface area (Å²) in [6.45, 7) is 7.41. The summed E-state index contributed by atoms with van der Waals surface area (Å²) in [5.74, 6) is 0. The standard InChI is InChI=1S/C17H22N2O2/c1-2-16-13-19(17(20)21-16)15-8-10-18(11-9-15)12-14-6-4-3-5-7-14/h2-7,15-16H,1,8-13H2. The number of amides is 1. The SMILES string of the molecule is C=CC1CN(C2CCN(Cc3ccccc3)CC2)C(=O)O1. The summed E-state index contributed by atoms with van der Waals surface area (Å²) in [6.07, 6.45) is 3.43. The molecule has 4 nitrogen and oxygen atoms in total. The summed E-state index contributed by atoms with van der Waals surface area (Å²) < 4.78 is 5.25. The Morgan fingerprint density at radius 2 is 1.95 bits per heavy atom. The molecule has 2 saturated heterocycles. The maximum atomic E-state index is 11.9. The molecule has 2 heterocycles. The summed E-state index contributed by atoms with van der Waals surface area (Å²) in [5, 5.41) is 0. The molecule has 1 aromatic rings. The van der Waals surface area contributed by atoms with Gasteiger partial charge in [0.05, 0.1) is 6.54 Å². The van der Waals surface area contributed by atoms with E-state index in [0.717, 1.165) is 32.5 Å². The Bertz CT molecular complexity index is 495. The second-order valence-electron chi connectivity index (χ2n) is 5.80. The van der Waals surface area contributed by atoms with Crippen LogP contribution < -0.4 is 0 Å². The van der Waals surface area contributed by atoms with Crippen LogP contribution in [0.1, 0.15) is 18.4 Å². The Labute approximate surface area is 126 Å². The number of rotatable bonds is 4. The molecule has 2 aliphatic rings. The fourth-order valence-corrected chi connectivity index (χ4v) is 3.15. The van der Waals surface area contributed by atoms with Crippen LogP contribution in [0.2, 0.25) is 0 Å². The molecule has 0 spiro atoms. The fraction of sp³-hybridized carbons (Fsp3) is 0.471. The first-order valence-corrected chi connectivity index (χ1v) is 7.62. The minimum atomic E-state index is -0.179. The number of hydrogen-bond acceptors (Lipinski definition) is 3. The van der Waals surface area contributed by atoms with Gasteiger partial charge in [0, 0.05) is 25.7 Å². The molecule has 0 saturated carbocycles. The zero-order valence-electron chi connectivity index (χ0n) is 12.3. The molecule has 1 aromatic carbocycles. The molecule has 0 aromatic heterocycles. The van der Waals surface area contributed by atoms with Gasteiger partial charge in [0.1, 0.15) is 6.10 Å². The average Bonchev–Trinajstić information content (AvgIpc) is 2.90. The molecule has 0 bridgehead atoms. The van der Waals surface area contributed by atoms with Crippen LogP contribution in [0.5, 0.6) is 0 Å². The number of hydrogen-bond donors (Lipinski definition) is 0. The zero-order chi connectivity index (χ0) is 14.7. The minimum Gasteiger partial charge on any atom is -0.440 e. The van der Waals surface area contributed by atoms with E-state index in [4.69, 9.17) is 4.74 Å². The molecule has 0 radical (unpaired) electrons. The van der Waals surface area contributed by atoms with Crippen molar-refractivity contribution in [3.63, 3.8) is 0 Å². The minimum absolute atomic E-state index is 0.139. The Kier molecular flexibility index (Phi) is 4.25. The van der Waals surface area contributed by atoms with E-state index in [1.807, 2.05) is 11.0 Å². The first-order valence-electron chi connectivity index (χ1n) is 7.62. The normalized spacial score (nSPS) is 24.1. The van der Waals surface area contributed by atoms with Gasteiger partial charge in [-0.1, -0.05) is 36.9 Å². The Hall–Kier alpha value is -1.81. The second-order valence-corrected chi connectivity index (χ2v) is 5.80. The van der Waals surface area contributed by atoms with E-state index in [9.17, 15) is 4.79 Å². The highest BCUT2D eigenvalue weighted by molar-refractivity contribution is 5.70. The topological polar surface area (TPSA) is 32.8 Å². The van der Waals surface area contributed by atoms with E-state index in [2.05, 4.69) is 35.7 Å². The van der Waals surface area contributed by atoms with E-state index in [-0.39, 0.29) is 12.2 Å². The number of benzene rings is 1. The van der Waals surface area contributed by atoms with E-state index in [1.165, 1.54) is 5.56 Å². The predicted molar refractivity (Wildman–Crippen MR) is 81.9 cm³/mol. The lowest BCUT2D eigenvalue weighted by molar-refractivity contribution is 0.113. The third kappa shape index (κ3) is 3.27. The smallest absolute Gasteiger partial charge is 0.410 e. The molecule has 2 aliphatic heterocycles. The summed E-state index contributed by atoms with van der Waals surface area (Å²) in [4.78, 5) is 16.2. The van der Waals surface area contributed by atoms with E-state index >= 15 is 0 Å². The molecule has 112 valence electrons. The Morgan fingerprint density at radius 1 is 1.24 bits per heavy atom. The number of cyclic esters (lactones) is 1. The number of nitrogens with zero attached hydrogens (tertiary/aromatic N) is 2. The van der Waals surface area contributed by atoms with E-state index in [0.29, 0.717) is 12.6 Å². The second kappa shape index (κ2) is 6.31. The largest absolute Gasteiger partial charge is 0.440 e. The van der Waals surface area contributed by atoms with Crippen LogP contribution in [0, 0.1) is 0 Å². The maximum absolute atomic E-state index is 11.9. The van der Waals surface area contributed by atoms with Gasteiger partial charge in [0.15, 0.2) is 0 Å². The number of carbonyl (C=O) groups is 1. The van der Waals surface area contributed by atoms with Gasteiger partial charge in [-0.2, -0.15) is 0 Å². The lowest BCUT2D eigenvalue weighted by Gasteiger charge is -2.35. The molecule has 21 heavy (non-hydrogen) atoms. The Balaban J connectivity index is 1.51. The average molecular weight is 286 g/mol. The van der Waals surface area contributed by atoms with Gasteiger partial charge in [0.2, 0.25) is 0 Å². The van der Waals surface area contributed by atoms with Crippen LogP contribution >= 0.6 is 0 Å². The van der Waals surface area contributed by atoms with Crippen molar-refractivity contribution in [1.82, 2.24) is 9.80 Å². The highest BCUT2D eigenvalue weighted by atomic mass is 16.6. The number of carbonyl (C=O) groups excluding carboxylic acids is 1. The van der Waals surface area contributed by atoms with Crippen molar-refractivity contribution >= 4 is 6.09 Å². The quantitative estimate of drug-likeness (QED) is 0.798. The number of piperidine rings is 1. The van der Waals surface area contributed by atoms with Crippen LogP contribution in [-0.4, -0.2) is 47.7 Å². The third-order valence-electron chi connectivity index (χ3n) is 4.37. The molecule has 4 heteroatoms. The van der Waals surface area contributed by atoms with Crippen molar-refractivity contribution in [2.75, 3.05) is 19.6 Å². The summed E-state index contributed by atoms with van der Waals surface area (Å²) in [7, 11) is 0. The van der Waals surface area contributed by atoms with Gasteiger partial charge in [-0.15, -0.1) is 0 Å². The van der Waals surface area contributed by atoms with E-state index in [1.54, 1.807) is 6.08 Å². The van der Waals surface area contributed by atoms with Crippen LogP contribution in [0.25, 0.3) is 0 Å². The molecule has 3 rings (SSSR count).